The van der Waals surface area contributed by atoms with E-state index in [0.29, 0.717) is 0 Å². The van der Waals surface area contributed by atoms with Crippen LogP contribution in [0.5, 0.6) is 0 Å². The fourth-order valence-electron chi connectivity index (χ4n) is 0. The fourth-order valence-corrected chi connectivity index (χ4v) is 0. The summed E-state index contributed by atoms with van der Waals surface area (Å²) in [5.41, 5.74) is 0. The Balaban J connectivity index is -0.000000000179. The molecule has 0 N–H and O–H groups in total. The van der Waals surface area contributed by atoms with Crippen LogP contribution >= 0.6 is 0 Å². The first-order valence-corrected chi connectivity index (χ1v) is 0.707. The predicted molar refractivity (Wildman–Crippen MR) is 57.8 cm³/mol. The summed E-state index contributed by atoms with van der Waals surface area (Å²) >= 11 is 0. The van der Waals surface area contributed by atoms with Crippen LogP contribution in [0.15, 0.2) is 0 Å². The summed E-state index contributed by atoms with van der Waals surface area (Å²) in [6.45, 7) is 5.00. The minimum atomic E-state index is 0. The van der Waals surface area contributed by atoms with Crippen molar-refractivity contribution in [3.63, 3.8) is 0 Å². The second-order valence-electron chi connectivity index (χ2n) is 0. The van der Waals surface area contributed by atoms with Gasteiger partial charge >= 0.3 is 0 Å². The average Bonchev–Trinajstić information content (AvgIpc) is 1.00. The summed E-state index contributed by atoms with van der Waals surface area (Å²) < 4.78 is 0. The van der Waals surface area contributed by atoms with Gasteiger partial charge in [0.2, 0.25) is 0 Å². The van der Waals surface area contributed by atoms with Crippen LogP contribution in [0.1, 0.15) is 51.5 Å². The maximum absolute atomic E-state index is 3.25. The molecule has 0 heterocycles. The molecular weight excluding hydrogens is 197 g/mol. The molecular formula is C9H32Y-2. The van der Waals surface area contributed by atoms with Crippen molar-refractivity contribution in [2.45, 2.75) is 51.5 Å². The standard InChI is InChI=1S/C2H5.6CH4.CH3.Y/c1-2;;;;;;;;/h1H2,2H3;6*1H4;1H3;/q-1;;;;;;;-1;. The van der Waals surface area contributed by atoms with E-state index in [9.17, 15) is 0 Å². The van der Waals surface area contributed by atoms with Gasteiger partial charge in [-0.15, -0.1) is 0 Å². The minimum absolute atomic E-state index is 0. The molecule has 0 saturated carbocycles. The van der Waals surface area contributed by atoms with Crippen LogP contribution in [0, 0.1) is 14.4 Å². The molecule has 0 spiro atoms. The van der Waals surface area contributed by atoms with Crippen molar-refractivity contribution in [2.24, 2.45) is 0 Å². The van der Waals surface area contributed by atoms with Gasteiger partial charge in [0.15, 0.2) is 0 Å². The maximum atomic E-state index is 3.25. The second-order valence-corrected chi connectivity index (χ2v) is 0. The third-order valence-electron chi connectivity index (χ3n) is 0. The summed E-state index contributed by atoms with van der Waals surface area (Å²) in [6.07, 6.45) is 0. The monoisotopic (exact) mass is 229 g/mol. The molecule has 0 saturated heterocycles. The first kappa shape index (κ1) is 256. The Bertz CT molecular complexity index is 4.69. The number of rotatable bonds is 0. The second kappa shape index (κ2) is 687. The zero-order chi connectivity index (χ0) is 2.00. The van der Waals surface area contributed by atoms with E-state index in [4.69, 9.17) is 0 Å². The largest absolute Gasteiger partial charge is 0.358 e. The Morgan fingerprint density at radius 3 is 0.600 bits per heavy atom. The molecule has 0 unspecified atom stereocenters. The first-order chi connectivity index (χ1) is 1.00. The van der Waals surface area contributed by atoms with E-state index >= 15 is 0 Å². The van der Waals surface area contributed by atoms with Gasteiger partial charge in [-0.2, -0.15) is 6.92 Å². The van der Waals surface area contributed by atoms with Crippen molar-refractivity contribution in [1.82, 2.24) is 0 Å². The number of hydrogen-bond acceptors (Lipinski definition) is 0. The fraction of sp³-hybridized carbons (Fsp3) is 0.778. The molecule has 0 aliphatic heterocycles. The Hall–Kier alpha value is 1.10. The van der Waals surface area contributed by atoms with Gasteiger partial charge in [0, 0.05) is 32.7 Å². The van der Waals surface area contributed by atoms with Crippen molar-refractivity contribution in [3.8, 4) is 0 Å². The van der Waals surface area contributed by atoms with Gasteiger partial charge in [0.1, 0.15) is 0 Å². The molecule has 0 aromatic rings. The van der Waals surface area contributed by atoms with Crippen LogP contribution in [-0.2, 0) is 32.7 Å². The van der Waals surface area contributed by atoms with Crippen LogP contribution in [0.4, 0.5) is 0 Å². The van der Waals surface area contributed by atoms with E-state index in [1.54, 1.807) is 6.92 Å². The molecule has 0 amide bonds. The van der Waals surface area contributed by atoms with Crippen LogP contribution in [0.3, 0.4) is 0 Å². The molecule has 0 fully saturated rings. The average molecular weight is 229 g/mol. The van der Waals surface area contributed by atoms with E-state index in [1.807, 2.05) is 0 Å². The van der Waals surface area contributed by atoms with Crippen molar-refractivity contribution < 1.29 is 32.7 Å². The maximum Gasteiger partial charge on any atom is 0 e. The zero-order valence-electron chi connectivity index (χ0n) is 3.28. The van der Waals surface area contributed by atoms with E-state index in [2.05, 4.69) is 6.92 Å². The normalized spacial score (nSPS) is 0.600. The summed E-state index contributed by atoms with van der Waals surface area (Å²) in [5.74, 6) is 0. The predicted octanol–water partition coefficient (Wildman–Crippen LogP) is 5.10. The van der Waals surface area contributed by atoms with Crippen molar-refractivity contribution in [3.05, 3.63) is 14.4 Å². The minimum Gasteiger partial charge on any atom is -0.358 e. The molecule has 1 radical (unpaired) electrons. The molecule has 0 atom stereocenters. The molecule has 73 valence electrons. The van der Waals surface area contributed by atoms with E-state index in [0.717, 1.165) is 0 Å². The van der Waals surface area contributed by atoms with Crippen molar-refractivity contribution in [2.75, 3.05) is 0 Å². The molecule has 0 bridgehead atoms. The van der Waals surface area contributed by atoms with Crippen LogP contribution < -0.4 is 0 Å². The van der Waals surface area contributed by atoms with Gasteiger partial charge in [0.25, 0.3) is 0 Å². The summed E-state index contributed by atoms with van der Waals surface area (Å²) in [4.78, 5) is 0. The molecule has 1 heteroatoms. The quantitative estimate of drug-likeness (QED) is 0.506. The molecule has 0 aromatic carbocycles. The smallest absolute Gasteiger partial charge is 0 e. The van der Waals surface area contributed by atoms with Gasteiger partial charge in [-0.05, 0) is 0 Å². The topological polar surface area (TPSA) is 0 Å². The van der Waals surface area contributed by atoms with Gasteiger partial charge < -0.3 is 14.4 Å². The Kier molecular flexibility index (Phi) is 17600. The molecule has 0 rings (SSSR count). The summed E-state index contributed by atoms with van der Waals surface area (Å²) in [7, 11) is 0. The molecule has 0 aliphatic rings. The van der Waals surface area contributed by atoms with E-state index < -0.39 is 0 Å². The van der Waals surface area contributed by atoms with Gasteiger partial charge in [-0.1, -0.05) is 44.6 Å². The Morgan fingerprint density at radius 2 is 0.600 bits per heavy atom. The molecule has 0 aromatic heterocycles. The van der Waals surface area contributed by atoms with Crippen molar-refractivity contribution in [1.29, 1.82) is 0 Å². The number of hydrogen-bond donors (Lipinski definition) is 0. The third kappa shape index (κ3) is 491. The summed E-state index contributed by atoms with van der Waals surface area (Å²) in [6, 6.07) is 0. The zero-order valence-corrected chi connectivity index (χ0v) is 6.12. The van der Waals surface area contributed by atoms with Crippen molar-refractivity contribution >= 4 is 0 Å². The van der Waals surface area contributed by atoms with E-state index in [1.165, 1.54) is 0 Å². The van der Waals surface area contributed by atoms with Crippen LogP contribution in [0.2, 0.25) is 0 Å². The Morgan fingerprint density at radius 1 is 0.600 bits per heavy atom. The van der Waals surface area contributed by atoms with Gasteiger partial charge in [-0.25, -0.2) is 0 Å². The molecule has 0 aliphatic carbocycles. The Labute approximate surface area is 98.1 Å². The first-order valence-electron chi connectivity index (χ1n) is 0.707. The SMILES string of the molecule is C.C.C.C.C.C.[CH2-]C.[CH3-].[Y]. The molecule has 10 heavy (non-hydrogen) atoms. The molecule has 0 nitrogen and oxygen atoms in total. The van der Waals surface area contributed by atoms with Gasteiger partial charge in [0.05, 0.1) is 0 Å². The van der Waals surface area contributed by atoms with E-state index in [-0.39, 0.29) is 84.7 Å². The third-order valence-corrected chi connectivity index (χ3v) is 0. The van der Waals surface area contributed by atoms with Crippen LogP contribution in [-0.4, -0.2) is 0 Å². The van der Waals surface area contributed by atoms with Crippen LogP contribution in [0.25, 0.3) is 0 Å². The summed E-state index contributed by atoms with van der Waals surface area (Å²) in [5, 5.41) is 0. The van der Waals surface area contributed by atoms with Gasteiger partial charge in [-0.3, -0.25) is 0 Å².